The molecule has 4 heteroatoms. The Labute approximate surface area is 215 Å². The molecule has 0 aliphatic heterocycles. The second kappa shape index (κ2) is 8.95. The summed E-state index contributed by atoms with van der Waals surface area (Å²) in [6.07, 6.45) is 8.12. The zero-order valence-electron chi connectivity index (χ0n) is 24.2. The summed E-state index contributed by atoms with van der Waals surface area (Å²) in [4.78, 5) is 0. The van der Waals surface area contributed by atoms with Gasteiger partial charge >= 0.3 is 0 Å². The lowest BCUT2D eigenvalue weighted by molar-refractivity contribution is -0.272. The van der Waals surface area contributed by atoms with Gasteiger partial charge in [0.2, 0.25) is 0 Å². The monoisotopic (exact) mass is 492 g/mol. The number of fused-ring (bicyclic) bond motifs is 5. The lowest BCUT2D eigenvalue weighted by Gasteiger charge is -2.71. The van der Waals surface area contributed by atoms with Crippen molar-refractivity contribution in [2.24, 2.45) is 51.2 Å². The molecule has 11 atom stereocenters. The highest BCUT2D eigenvalue weighted by atomic mass is 16.5. The van der Waals surface area contributed by atoms with Gasteiger partial charge in [0.25, 0.3) is 0 Å². The fourth-order valence-corrected chi connectivity index (χ4v) is 10.8. The average molecular weight is 493 g/mol. The van der Waals surface area contributed by atoms with Crippen LogP contribution in [0.25, 0.3) is 0 Å². The minimum atomic E-state index is -0.397. The largest absolute Gasteiger partial charge is 0.393 e. The van der Waals surface area contributed by atoms with Gasteiger partial charge in [-0.05, 0) is 110 Å². The molecule has 0 spiro atoms. The zero-order valence-corrected chi connectivity index (χ0v) is 24.2. The molecular formula is C31H56O4. The molecule has 0 bridgehead atoms. The first-order valence-electron chi connectivity index (χ1n) is 14.6. The summed E-state index contributed by atoms with van der Waals surface area (Å²) >= 11 is 0. The van der Waals surface area contributed by atoms with Crippen LogP contribution in [0.2, 0.25) is 0 Å². The van der Waals surface area contributed by atoms with E-state index in [1.54, 1.807) is 7.11 Å². The van der Waals surface area contributed by atoms with Gasteiger partial charge < -0.3 is 20.1 Å². The van der Waals surface area contributed by atoms with Gasteiger partial charge in [-0.2, -0.15) is 0 Å². The molecule has 204 valence electrons. The van der Waals surface area contributed by atoms with Crippen molar-refractivity contribution in [3.63, 3.8) is 0 Å². The Morgan fingerprint density at radius 3 is 2.23 bits per heavy atom. The van der Waals surface area contributed by atoms with E-state index in [-0.39, 0.29) is 45.4 Å². The van der Waals surface area contributed by atoms with Crippen molar-refractivity contribution in [2.75, 3.05) is 7.11 Å². The third kappa shape index (κ3) is 4.07. The number of ether oxygens (including phenoxy) is 1. The van der Waals surface area contributed by atoms with Crippen LogP contribution in [0.5, 0.6) is 0 Å². The quantitative estimate of drug-likeness (QED) is 0.412. The van der Waals surface area contributed by atoms with Gasteiger partial charge in [0.05, 0.1) is 23.9 Å². The predicted molar refractivity (Wildman–Crippen MR) is 142 cm³/mol. The van der Waals surface area contributed by atoms with Crippen molar-refractivity contribution < 1.29 is 20.1 Å². The van der Waals surface area contributed by atoms with Gasteiger partial charge in [0.1, 0.15) is 0 Å². The smallest absolute Gasteiger partial charge is 0.0622 e. The molecule has 4 fully saturated rings. The Balaban J connectivity index is 1.60. The van der Waals surface area contributed by atoms with E-state index >= 15 is 0 Å². The SMILES string of the molecule is COC(C)(C)CCC[C@@H](C)[C@H]1CC[C@]2(C)[C@@H]1[C@H](O)C[C@@H]1[C@@]3(C)CC[C@H](O)C(C)(C)[C@@H]3[C@H](O)C[C@]12C. The van der Waals surface area contributed by atoms with Crippen LogP contribution in [-0.2, 0) is 4.74 Å². The van der Waals surface area contributed by atoms with Crippen LogP contribution in [-0.4, -0.2) is 46.3 Å². The Morgan fingerprint density at radius 2 is 1.60 bits per heavy atom. The summed E-state index contributed by atoms with van der Waals surface area (Å²) in [5.74, 6) is 1.90. The first-order valence-corrected chi connectivity index (χ1v) is 14.6. The maximum Gasteiger partial charge on any atom is 0.0622 e. The summed E-state index contributed by atoms with van der Waals surface area (Å²) in [5.41, 5.74) is -0.388. The van der Waals surface area contributed by atoms with Crippen molar-refractivity contribution >= 4 is 0 Å². The fourth-order valence-electron chi connectivity index (χ4n) is 10.8. The van der Waals surface area contributed by atoms with Crippen LogP contribution in [0.4, 0.5) is 0 Å². The van der Waals surface area contributed by atoms with Crippen LogP contribution >= 0.6 is 0 Å². The van der Waals surface area contributed by atoms with Gasteiger partial charge in [-0.3, -0.25) is 0 Å². The highest BCUT2D eigenvalue weighted by molar-refractivity contribution is 5.20. The van der Waals surface area contributed by atoms with Crippen molar-refractivity contribution in [1.29, 1.82) is 0 Å². The van der Waals surface area contributed by atoms with E-state index in [0.717, 1.165) is 44.9 Å². The second-order valence-electron chi connectivity index (χ2n) is 15.4. The van der Waals surface area contributed by atoms with E-state index in [1.165, 1.54) is 12.8 Å². The van der Waals surface area contributed by atoms with E-state index in [1.807, 2.05) is 0 Å². The maximum absolute atomic E-state index is 11.8. The summed E-state index contributed by atoms with van der Waals surface area (Å²) in [5, 5.41) is 34.4. The summed E-state index contributed by atoms with van der Waals surface area (Å²) in [6, 6.07) is 0. The molecule has 35 heavy (non-hydrogen) atoms. The minimum absolute atomic E-state index is 0.00640. The minimum Gasteiger partial charge on any atom is -0.393 e. The summed E-state index contributed by atoms with van der Waals surface area (Å²) < 4.78 is 5.64. The van der Waals surface area contributed by atoms with Crippen LogP contribution in [0.1, 0.15) is 113 Å². The lowest BCUT2D eigenvalue weighted by atomic mass is 9.34. The molecule has 0 radical (unpaired) electrons. The third-order valence-corrected chi connectivity index (χ3v) is 13.0. The molecule has 4 aliphatic carbocycles. The number of aliphatic hydroxyl groups excluding tert-OH is 3. The normalized spacial score (nSPS) is 50.2. The zero-order chi connectivity index (χ0) is 26.2. The molecule has 4 rings (SSSR count). The molecule has 4 nitrogen and oxygen atoms in total. The predicted octanol–water partition coefficient (Wildman–Crippen LogP) is 6.21. The van der Waals surface area contributed by atoms with Gasteiger partial charge in [-0.15, -0.1) is 0 Å². The Bertz CT molecular complexity index is 778. The van der Waals surface area contributed by atoms with Crippen LogP contribution < -0.4 is 0 Å². The van der Waals surface area contributed by atoms with Gasteiger partial charge in [0.15, 0.2) is 0 Å². The standard InChI is InChI=1S/C31H56O4/c1-19(11-10-14-27(2,3)35-9)20-12-16-30(7)25(20)21(32)17-23-29(6)15-13-24(34)28(4,5)26(29)22(33)18-31(23,30)8/h19-26,32-34H,10-18H2,1-9H3/t19-,20-,21-,22-,23-,24+,25+,26+,29-,30-,31-/m1/s1. The molecule has 0 unspecified atom stereocenters. The molecule has 0 saturated heterocycles. The van der Waals surface area contributed by atoms with Crippen LogP contribution in [0.15, 0.2) is 0 Å². The van der Waals surface area contributed by atoms with Gasteiger partial charge in [-0.1, -0.05) is 54.4 Å². The second-order valence-corrected chi connectivity index (χ2v) is 15.4. The number of hydrogen-bond donors (Lipinski definition) is 3. The Kier molecular flexibility index (Phi) is 7.13. The van der Waals surface area contributed by atoms with Gasteiger partial charge in [-0.25, -0.2) is 0 Å². The highest BCUT2D eigenvalue weighted by Crippen LogP contribution is 2.75. The number of hydrogen-bond acceptors (Lipinski definition) is 4. The van der Waals surface area contributed by atoms with E-state index in [4.69, 9.17) is 4.74 Å². The van der Waals surface area contributed by atoms with E-state index in [2.05, 4.69) is 55.4 Å². The summed E-state index contributed by atoms with van der Waals surface area (Å²) in [7, 11) is 1.80. The number of aliphatic hydroxyl groups is 3. The molecule has 0 amide bonds. The molecular weight excluding hydrogens is 436 g/mol. The topological polar surface area (TPSA) is 69.9 Å². The first kappa shape index (κ1) is 27.9. The van der Waals surface area contributed by atoms with E-state index in [9.17, 15) is 15.3 Å². The maximum atomic E-state index is 11.8. The lowest BCUT2D eigenvalue weighted by Crippen LogP contribution is -2.69. The summed E-state index contributed by atoms with van der Waals surface area (Å²) in [6.45, 7) is 18.4. The van der Waals surface area contributed by atoms with Crippen LogP contribution in [0, 0.1) is 51.2 Å². The Morgan fingerprint density at radius 1 is 0.943 bits per heavy atom. The molecule has 0 aromatic heterocycles. The molecule has 0 aromatic rings. The van der Waals surface area contributed by atoms with Gasteiger partial charge in [0, 0.05) is 7.11 Å². The average Bonchev–Trinajstić information content (AvgIpc) is 3.13. The van der Waals surface area contributed by atoms with E-state index in [0.29, 0.717) is 23.7 Å². The molecule has 0 heterocycles. The fraction of sp³-hybridized carbons (Fsp3) is 1.00. The molecule has 0 aromatic carbocycles. The van der Waals surface area contributed by atoms with E-state index < -0.39 is 6.10 Å². The number of methoxy groups -OCH3 is 1. The van der Waals surface area contributed by atoms with Crippen molar-refractivity contribution in [1.82, 2.24) is 0 Å². The number of rotatable bonds is 6. The molecule has 4 aliphatic rings. The van der Waals surface area contributed by atoms with Crippen LogP contribution in [0.3, 0.4) is 0 Å². The van der Waals surface area contributed by atoms with Crippen molar-refractivity contribution in [3.8, 4) is 0 Å². The third-order valence-electron chi connectivity index (χ3n) is 13.0. The molecule has 3 N–H and O–H groups in total. The first-order chi connectivity index (χ1) is 16.0. The van der Waals surface area contributed by atoms with Crippen molar-refractivity contribution in [3.05, 3.63) is 0 Å². The van der Waals surface area contributed by atoms with Crippen molar-refractivity contribution in [2.45, 2.75) is 137 Å². The highest BCUT2D eigenvalue weighted by Gasteiger charge is 2.72. The molecule has 4 saturated carbocycles. The Hall–Kier alpha value is -0.160.